The van der Waals surface area contributed by atoms with E-state index < -0.39 is 11.8 Å². The van der Waals surface area contributed by atoms with Gasteiger partial charge in [0.1, 0.15) is 0 Å². The third-order valence-electron chi connectivity index (χ3n) is 3.31. The number of carboxylic acid groups (broad SMARTS) is 1. The van der Waals surface area contributed by atoms with Crippen molar-refractivity contribution in [3.8, 4) is 0 Å². The number of pyridine rings is 2. The number of aromatic nitrogens is 2. The highest BCUT2D eigenvalue weighted by molar-refractivity contribution is 6.52. The van der Waals surface area contributed by atoms with Gasteiger partial charge in [-0.15, -0.1) is 0 Å². The molecule has 1 aromatic carbocycles. The van der Waals surface area contributed by atoms with Crippen molar-refractivity contribution >= 4 is 34.3 Å². The third kappa shape index (κ3) is 3.13. The first-order valence-corrected chi connectivity index (χ1v) is 6.90. The van der Waals surface area contributed by atoms with Crippen molar-refractivity contribution in [3.05, 3.63) is 72.2 Å². The van der Waals surface area contributed by atoms with Crippen LogP contribution in [0.15, 0.2) is 60.9 Å². The Balaban J connectivity index is 2.15. The lowest BCUT2D eigenvalue weighted by atomic mass is 10.0. The number of hydrogen-bond donors (Lipinski definition) is 1. The van der Waals surface area contributed by atoms with Crippen LogP contribution in [0.25, 0.3) is 22.6 Å². The summed E-state index contributed by atoms with van der Waals surface area (Å²) in [4.78, 5) is 31.6. The van der Waals surface area contributed by atoms with Gasteiger partial charge in [0.25, 0.3) is 5.78 Å². The van der Waals surface area contributed by atoms with E-state index in [0.29, 0.717) is 16.8 Å². The monoisotopic (exact) mass is 304 g/mol. The van der Waals surface area contributed by atoms with Gasteiger partial charge in [-0.05, 0) is 29.8 Å². The van der Waals surface area contributed by atoms with Gasteiger partial charge in [-0.25, -0.2) is 9.78 Å². The SMILES string of the molecule is O=C(O)C(=O)/C(=C\c1cccnc1)c1ccc2ccccc2n1. The molecule has 2 aromatic heterocycles. The van der Waals surface area contributed by atoms with Crippen LogP contribution in [0.5, 0.6) is 0 Å². The van der Waals surface area contributed by atoms with Crippen LogP contribution in [0.2, 0.25) is 0 Å². The Bertz CT molecular complexity index is 918. The van der Waals surface area contributed by atoms with Gasteiger partial charge in [0.2, 0.25) is 0 Å². The van der Waals surface area contributed by atoms with Crippen molar-refractivity contribution in [2.75, 3.05) is 0 Å². The molecule has 0 aliphatic carbocycles. The summed E-state index contributed by atoms with van der Waals surface area (Å²) >= 11 is 0. The zero-order chi connectivity index (χ0) is 16.2. The Kier molecular flexibility index (Phi) is 3.93. The van der Waals surface area contributed by atoms with Crippen LogP contribution in [0.3, 0.4) is 0 Å². The lowest BCUT2D eigenvalue weighted by Crippen LogP contribution is -2.15. The second-order valence-corrected chi connectivity index (χ2v) is 4.87. The number of nitrogens with zero attached hydrogens (tertiary/aromatic N) is 2. The van der Waals surface area contributed by atoms with Crippen LogP contribution in [0.1, 0.15) is 11.3 Å². The van der Waals surface area contributed by atoms with Crippen molar-refractivity contribution < 1.29 is 14.7 Å². The van der Waals surface area contributed by atoms with Crippen LogP contribution in [0, 0.1) is 0 Å². The molecule has 1 N–H and O–H groups in total. The van der Waals surface area contributed by atoms with E-state index in [-0.39, 0.29) is 5.57 Å². The van der Waals surface area contributed by atoms with E-state index in [4.69, 9.17) is 5.11 Å². The molecule has 5 heteroatoms. The van der Waals surface area contributed by atoms with Crippen molar-refractivity contribution in [1.82, 2.24) is 9.97 Å². The fourth-order valence-electron chi connectivity index (χ4n) is 2.22. The number of carbonyl (C=O) groups excluding carboxylic acids is 1. The summed E-state index contributed by atoms with van der Waals surface area (Å²) in [6.45, 7) is 0. The molecule has 3 rings (SSSR count). The molecule has 3 aromatic rings. The maximum absolute atomic E-state index is 12.1. The number of ketones is 1. The minimum Gasteiger partial charge on any atom is -0.475 e. The molecule has 5 nitrogen and oxygen atoms in total. The number of benzene rings is 1. The standard InChI is InChI=1S/C18H12N2O3/c21-17(18(22)23)14(10-12-4-3-9-19-11-12)16-8-7-13-5-1-2-6-15(13)20-16/h1-11H,(H,22,23)/b14-10-. The summed E-state index contributed by atoms with van der Waals surface area (Å²) in [5.41, 5.74) is 1.67. The van der Waals surface area contributed by atoms with Gasteiger partial charge in [0.05, 0.1) is 16.8 Å². The van der Waals surface area contributed by atoms with Gasteiger partial charge < -0.3 is 5.11 Å². The molecular formula is C18H12N2O3. The highest BCUT2D eigenvalue weighted by atomic mass is 16.4. The molecule has 0 saturated heterocycles. The summed E-state index contributed by atoms with van der Waals surface area (Å²) in [5.74, 6) is -2.52. The van der Waals surface area contributed by atoms with E-state index in [0.717, 1.165) is 5.39 Å². The molecule has 0 fully saturated rings. The zero-order valence-corrected chi connectivity index (χ0v) is 12.0. The molecular weight excluding hydrogens is 292 g/mol. The normalized spacial score (nSPS) is 11.4. The number of fused-ring (bicyclic) bond motifs is 1. The van der Waals surface area contributed by atoms with Crippen molar-refractivity contribution in [1.29, 1.82) is 0 Å². The highest BCUT2D eigenvalue weighted by Crippen LogP contribution is 2.21. The molecule has 0 bridgehead atoms. The largest absolute Gasteiger partial charge is 0.475 e. The average molecular weight is 304 g/mol. The molecule has 0 unspecified atom stereocenters. The first kappa shape index (κ1) is 14.6. The van der Waals surface area contributed by atoms with Gasteiger partial charge in [-0.2, -0.15) is 0 Å². The van der Waals surface area contributed by atoms with Crippen LogP contribution >= 0.6 is 0 Å². The first-order chi connectivity index (χ1) is 11.1. The molecule has 23 heavy (non-hydrogen) atoms. The molecule has 2 heterocycles. The number of aliphatic carboxylic acids is 1. The molecule has 112 valence electrons. The summed E-state index contributed by atoms with van der Waals surface area (Å²) in [6.07, 6.45) is 4.64. The minimum atomic E-state index is -1.52. The zero-order valence-electron chi connectivity index (χ0n) is 12.0. The number of Topliss-reactive ketones (excluding diaryl/α,β-unsaturated/α-hetero) is 1. The van der Waals surface area contributed by atoms with E-state index in [1.54, 1.807) is 30.6 Å². The second kappa shape index (κ2) is 6.19. The van der Waals surface area contributed by atoms with Crippen LogP contribution < -0.4 is 0 Å². The highest BCUT2D eigenvalue weighted by Gasteiger charge is 2.20. The molecule has 0 aliphatic rings. The number of para-hydroxylation sites is 1. The van der Waals surface area contributed by atoms with E-state index in [1.165, 1.54) is 6.08 Å². The molecule has 0 atom stereocenters. The van der Waals surface area contributed by atoms with E-state index >= 15 is 0 Å². The summed E-state index contributed by atoms with van der Waals surface area (Å²) in [7, 11) is 0. The number of carboxylic acids is 1. The molecule has 0 amide bonds. The van der Waals surface area contributed by atoms with Gasteiger partial charge in [-0.1, -0.05) is 30.3 Å². The van der Waals surface area contributed by atoms with Crippen LogP contribution in [-0.4, -0.2) is 26.8 Å². The Morgan fingerprint density at radius 1 is 1.00 bits per heavy atom. The average Bonchev–Trinajstić information content (AvgIpc) is 2.59. The van der Waals surface area contributed by atoms with Crippen LogP contribution in [0.4, 0.5) is 0 Å². The molecule has 0 aliphatic heterocycles. The lowest BCUT2D eigenvalue weighted by molar-refractivity contribution is -0.146. The Morgan fingerprint density at radius 3 is 2.57 bits per heavy atom. The first-order valence-electron chi connectivity index (χ1n) is 6.90. The summed E-state index contributed by atoms with van der Waals surface area (Å²) in [6, 6.07) is 14.3. The quantitative estimate of drug-likeness (QED) is 0.592. The topological polar surface area (TPSA) is 80.1 Å². The summed E-state index contributed by atoms with van der Waals surface area (Å²) < 4.78 is 0. The third-order valence-corrected chi connectivity index (χ3v) is 3.31. The fourth-order valence-corrected chi connectivity index (χ4v) is 2.22. The van der Waals surface area contributed by atoms with Crippen LogP contribution in [-0.2, 0) is 9.59 Å². The minimum absolute atomic E-state index is 0.0243. The maximum atomic E-state index is 12.1. The van der Waals surface area contributed by atoms with Crippen molar-refractivity contribution in [2.24, 2.45) is 0 Å². The Hall–Kier alpha value is -3.34. The molecule has 0 radical (unpaired) electrons. The number of hydrogen-bond acceptors (Lipinski definition) is 4. The second-order valence-electron chi connectivity index (χ2n) is 4.87. The maximum Gasteiger partial charge on any atom is 0.377 e. The van der Waals surface area contributed by atoms with Crippen molar-refractivity contribution in [3.63, 3.8) is 0 Å². The smallest absolute Gasteiger partial charge is 0.377 e. The molecule has 0 spiro atoms. The predicted molar refractivity (Wildman–Crippen MR) is 86.5 cm³/mol. The van der Waals surface area contributed by atoms with E-state index in [1.807, 2.05) is 30.3 Å². The van der Waals surface area contributed by atoms with E-state index in [2.05, 4.69) is 9.97 Å². The lowest BCUT2D eigenvalue weighted by Gasteiger charge is -2.05. The molecule has 0 saturated carbocycles. The Labute approximate surface area is 131 Å². The van der Waals surface area contributed by atoms with E-state index in [9.17, 15) is 9.59 Å². The van der Waals surface area contributed by atoms with Gasteiger partial charge in [0, 0.05) is 17.8 Å². The van der Waals surface area contributed by atoms with Gasteiger partial charge in [-0.3, -0.25) is 9.78 Å². The Morgan fingerprint density at radius 2 is 1.83 bits per heavy atom. The number of rotatable bonds is 4. The predicted octanol–water partition coefficient (Wildman–Crippen LogP) is 2.82. The number of carbonyl (C=O) groups is 2. The van der Waals surface area contributed by atoms with Gasteiger partial charge >= 0.3 is 5.97 Å². The van der Waals surface area contributed by atoms with Gasteiger partial charge in [0.15, 0.2) is 0 Å². The summed E-state index contributed by atoms with van der Waals surface area (Å²) in [5, 5.41) is 9.99. The van der Waals surface area contributed by atoms with Crippen molar-refractivity contribution in [2.45, 2.75) is 0 Å². The fraction of sp³-hybridized carbons (Fsp3) is 0.